The molecule has 1 aliphatic heterocycles. The van der Waals surface area contributed by atoms with Crippen LogP contribution in [0.4, 0.5) is 0 Å². The van der Waals surface area contributed by atoms with E-state index in [4.69, 9.17) is 4.74 Å². The summed E-state index contributed by atoms with van der Waals surface area (Å²) in [4.78, 5) is 24.6. The third-order valence-electron chi connectivity index (χ3n) is 5.10. The van der Waals surface area contributed by atoms with E-state index in [0.29, 0.717) is 5.06 Å². The number of hydrogen-bond acceptors (Lipinski definition) is 7. The lowest BCUT2D eigenvalue weighted by atomic mass is 9.84. The fourth-order valence-electron chi connectivity index (χ4n) is 3.38. The highest BCUT2D eigenvalue weighted by Crippen LogP contribution is 2.33. The van der Waals surface area contributed by atoms with Crippen molar-refractivity contribution in [3.05, 3.63) is 59.7 Å². The number of ether oxygens (including phenoxy) is 1. The molecular formula is C21H24N2O7. The summed E-state index contributed by atoms with van der Waals surface area (Å²) in [5, 5.41) is 43.0. The van der Waals surface area contributed by atoms with Crippen LogP contribution >= 0.6 is 0 Å². The lowest BCUT2D eigenvalue weighted by Crippen LogP contribution is -2.47. The highest BCUT2D eigenvalue weighted by atomic mass is 16.5. The zero-order valence-corrected chi connectivity index (χ0v) is 16.4. The summed E-state index contributed by atoms with van der Waals surface area (Å²) < 4.78 is 5.59. The highest BCUT2D eigenvalue weighted by molar-refractivity contribution is 5.94. The number of phenolic OH excluding ortho intramolecular Hbond substituents is 2. The van der Waals surface area contributed by atoms with Crippen LogP contribution in [-0.4, -0.2) is 69.3 Å². The molecule has 1 saturated heterocycles. The molecule has 0 unspecified atom stereocenters. The Morgan fingerprint density at radius 3 is 2.37 bits per heavy atom. The minimum absolute atomic E-state index is 0.0111. The van der Waals surface area contributed by atoms with E-state index in [0.717, 1.165) is 0 Å². The van der Waals surface area contributed by atoms with Crippen molar-refractivity contribution in [2.75, 3.05) is 19.7 Å². The first-order valence-electron chi connectivity index (χ1n) is 9.36. The fraction of sp³-hybridized carbons (Fsp3) is 0.333. The maximum Gasteiger partial charge on any atom is 0.277 e. The molecule has 0 aliphatic carbocycles. The SMILES string of the molecule is C[C@@]1(CN(O)C(=O)c2cccc(O)c2)CO[C@H](CNC(=O)c2cccc(O)c2)[C@H]1O. The molecule has 9 heteroatoms. The third kappa shape index (κ3) is 4.70. The Kier molecular flexibility index (Phi) is 6.25. The van der Waals surface area contributed by atoms with E-state index in [1.165, 1.54) is 36.4 Å². The van der Waals surface area contributed by atoms with Gasteiger partial charge in [-0.3, -0.25) is 14.8 Å². The monoisotopic (exact) mass is 416 g/mol. The molecule has 0 radical (unpaired) electrons. The number of aliphatic hydroxyl groups is 1. The standard InChI is InChI=1S/C21H24N2O7/c1-21(11-23(29)20(28)14-5-3-7-16(25)9-14)12-30-17(18(21)26)10-22-19(27)13-4-2-6-15(24)8-13/h2-9,17-18,24-26,29H,10-12H2,1H3,(H,22,27)/t17-,18-,21-/m1/s1. The first-order chi connectivity index (χ1) is 14.2. The summed E-state index contributed by atoms with van der Waals surface area (Å²) in [5.41, 5.74) is -0.602. The van der Waals surface area contributed by atoms with E-state index in [1.54, 1.807) is 19.1 Å². The van der Waals surface area contributed by atoms with Crippen LogP contribution in [0.25, 0.3) is 0 Å². The van der Waals surface area contributed by atoms with Crippen molar-refractivity contribution in [2.45, 2.75) is 19.1 Å². The quantitative estimate of drug-likeness (QED) is 0.351. The van der Waals surface area contributed by atoms with Gasteiger partial charge in [0.25, 0.3) is 11.8 Å². The summed E-state index contributed by atoms with van der Waals surface area (Å²) in [6.45, 7) is 1.52. The molecule has 9 nitrogen and oxygen atoms in total. The van der Waals surface area contributed by atoms with Crippen molar-refractivity contribution in [1.29, 1.82) is 0 Å². The number of benzene rings is 2. The van der Waals surface area contributed by atoms with Gasteiger partial charge >= 0.3 is 0 Å². The number of carbonyl (C=O) groups is 2. The van der Waals surface area contributed by atoms with Crippen LogP contribution in [0.15, 0.2) is 48.5 Å². The van der Waals surface area contributed by atoms with Gasteiger partial charge in [0, 0.05) is 23.1 Å². The molecular weight excluding hydrogens is 392 g/mol. The molecule has 3 rings (SSSR count). The number of hydroxylamine groups is 2. The van der Waals surface area contributed by atoms with Crippen molar-refractivity contribution in [3.8, 4) is 11.5 Å². The van der Waals surface area contributed by atoms with Gasteiger partial charge in [-0.05, 0) is 36.4 Å². The van der Waals surface area contributed by atoms with Gasteiger partial charge in [-0.1, -0.05) is 19.1 Å². The maximum absolute atomic E-state index is 12.4. The number of hydrogen-bond donors (Lipinski definition) is 5. The predicted octanol–water partition coefficient (Wildman–Crippen LogP) is 1.13. The topological polar surface area (TPSA) is 140 Å². The molecule has 0 aromatic heterocycles. The summed E-state index contributed by atoms with van der Waals surface area (Å²) in [6, 6.07) is 11.4. The van der Waals surface area contributed by atoms with Crippen LogP contribution in [0.2, 0.25) is 0 Å². The number of aliphatic hydroxyl groups excluding tert-OH is 1. The first kappa shape index (κ1) is 21.6. The second kappa shape index (κ2) is 8.70. The van der Waals surface area contributed by atoms with E-state index in [9.17, 15) is 30.1 Å². The molecule has 0 spiro atoms. The predicted molar refractivity (Wildman–Crippen MR) is 105 cm³/mol. The van der Waals surface area contributed by atoms with Crippen LogP contribution in [-0.2, 0) is 4.74 Å². The van der Waals surface area contributed by atoms with Crippen LogP contribution in [0, 0.1) is 5.41 Å². The molecule has 5 N–H and O–H groups in total. The number of aromatic hydroxyl groups is 2. The molecule has 1 heterocycles. The van der Waals surface area contributed by atoms with E-state index < -0.39 is 29.4 Å². The van der Waals surface area contributed by atoms with E-state index in [1.807, 2.05) is 0 Å². The molecule has 0 saturated carbocycles. The second-order valence-electron chi connectivity index (χ2n) is 7.62. The Bertz CT molecular complexity index is 935. The van der Waals surface area contributed by atoms with E-state index >= 15 is 0 Å². The highest BCUT2D eigenvalue weighted by Gasteiger charge is 2.47. The number of carbonyl (C=O) groups excluding carboxylic acids is 2. The lowest BCUT2D eigenvalue weighted by molar-refractivity contribution is -0.0940. The van der Waals surface area contributed by atoms with Gasteiger partial charge in [0.2, 0.25) is 0 Å². The minimum Gasteiger partial charge on any atom is -0.508 e. The average Bonchev–Trinajstić information content (AvgIpc) is 2.99. The summed E-state index contributed by atoms with van der Waals surface area (Å²) >= 11 is 0. The third-order valence-corrected chi connectivity index (χ3v) is 5.10. The Labute approximate surface area is 173 Å². The zero-order valence-electron chi connectivity index (χ0n) is 16.4. The van der Waals surface area contributed by atoms with Crippen LogP contribution in [0.3, 0.4) is 0 Å². The Balaban J connectivity index is 1.58. The van der Waals surface area contributed by atoms with Crippen molar-refractivity contribution in [1.82, 2.24) is 10.4 Å². The molecule has 2 aromatic carbocycles. The van der Waals surface area contributed by atoms with Crippen molar-refractivity contribution in [2.24, 2.45) is 5.41 Å². The lowest BCUT2D eigenvalue weighted by Gasteiger charge is -2.31. The molecule has 2 amide bonds. The second-order valence-corrected chi connectivity index (χ2v) is 7.62. The zero-order chi connectivity index (χ0) is 21.9. The Morgan fingerprint density at radius 1 is 1.13 bits per heavy atom. The summed E-state index contributed by atoms with van der Waals surface area (Å²) in [5.74, 6) is -1.29. The minimum atomic E-state index is -1.06. The largest absolute Gasteiger partial charge is 0.508 e. The van der Waals surface area contributed by atoms with Gasteiger partial charge in [-0.15, -0.1) is 0 Å². The molecule has 1 fully saturated rings. The summed E-state index contributed by atoms with van der Waals surface area (Å²) in [6.07, 6.45) is -1.80. The molecule has 160 valence electrons. The number of rotatable bonds is 6. The van der Waals surface area contributed by atoms with Crippen molar-refractivity contribution < 1.29 is 34.9 Å². The maximum atomic E-state index is 12.4. The molecule has 1 aliphatic rings. The average molecular weight is 416 g/mol. The smallest absolute Gasteiger partial charge is 0.277 e. The van der Waals surface area contributed by atoms with Gasteiger partial charge in [0.15, 0.2) is 0 Å². The first-order valence-corrected chi connectivity index (χ1v) is 9.36. The molecule has 30 heavy (non-hydrogen) atoms. The molecule has 3 atom stereocenters. The van der Waals surface area contributed by atoms with E-state index in [2.05, 4.69) is 5.32 Å². The van der Waals surface area contributed by atoms with Gasteiger partial charge in [-0.25, -0.2) is 5.06 Å². The van der Waals surface area contributed by atoms with Crippen LogP contribution < -0.4 is 5.32 Å². The molecule has 2 aromatic rings. The Hall–Kier alpha value is -3.14. The number of amides is 2. The van der Waals surface area contributed by atoms with Gasteiger partial charge in [0.1, 0.15) is 17.6 Å². The number of nitrogens with one attached hydrogen (secondary N) is 1. The Morgan fingerprint density at radius 2 is 1.73 bits per heavy atom. The van der Waals surface area contributed by atoms with Crippen molar-refractivity contribution >= 4 is 11.8 Å². The van der Waals surface area contributed by atoms with Gasteiger partial charge < -0.3 is 25.4 Å². The normalized spacial score (nSPS) is 23.2. The summed E-state index contributed by atoms with van der Waals surface area (Å²) in [7, 11) is 0. The number of phenols is 2. The van der Waals surface area contributed by atoms with Crippen LogP contribution in [0.1, 0.15) is 27.6 Å². The van der Waals surface area contributed by atoms with E-state index in [-0.39, 0.29) is 42.3 Å². The van der Waals surface area contributed by atoms with Gasteiger partial charge in [-0.2, -0.15) is 0 Å². The van der Waals surface area contributed by atoms with Gasteiger partial charge in [0.05, 0.1) is 19.3 Å². The van der Waals surface area contributed by atoms with Crippen molar-refractivity contribution in [3.63, 3.8) is 0 Å². The fourth-order valence-corrected chi connectivity index (χ4v) is 3.38. The molecule has 0 bridgehead atoms. The van der Waals surface area contributed by atoms with Crippen LogP contribution in [0.5, 0.6) is 11.5 Å². The number of nitrogens with zero attached hydrogens (tertiary/aromatic N) is 1.